The van der Waals surface area contributed by atoms with E-state index in [4.69, 9.17) is 16.2 Å². The van der Waals surface area contributed by atoms with Crippen molar-refractivity contribution in [3.8, 4) is 5.75 Å². The third-order valence-electron chi connectivity index (χ3n) is 4.51. The molecule has 0 aliphatic heterocycles. The zero-order valence-corrected chi connectivity index (χ0v) is 17.8. The van der Waals surface area contributed by atoms with Gasteiger partial charge in [0.15, 0.2) is 0 Å². The molecular weight excluding hydrogens is 354 g/mol. The Kier molecular flexibility index (Phi) is 8.32. The molecule has 0 unspecified atom stereocenters. The van der Waals surface area contributed by atoms with Gasteiger partial charge in [0.1, 0.15) is 5.75 Å². The van der Waals surface area contributed by atoms with Gasteiger partial charge in [-0.3, -0.25) is 4.90 Å². The first-order chi connectivity index (χ1) is 12.9. The monoisotopic (exact) mass is 387 g/mol. The summed E-state index contributed by atoms with van der Waals surface area (Å²) in [5, 5.41) is 0. The van der Waals surface area contributed by atoms with Crippen molar-refractivity contribution in [2.45, 2.75) is 62.4 Å². The van der Waals surface area contributed by atoms with E-state index in [2.05, 4.69) is 44.7 Å². The van der Waals surface area contributed by atoms with Crippen LogP contribution in [0.1, 0.15) is 40.5 Å². The normalized spacial score (nSPS) is 11.5. The number of nitrogens with two attached hydrogens (primary N) is 2. The van der Waals surface area contributed by atoms with Crippen LogP contribution in [0.3, 0.4) is 0 Å². The van der Waals surface area contributed by atoms with E-state index in [-0.39, 0.29) is 0 Å². The van der Waals surface area contributed by atoms with E-state index < -0.39 is 0 Å². The van der Waals surface area contributed by atoms with Gasteiger partial charge in [0, 0.05) is 21.9 Å². The molecule has 0 heterocycles. The summed E-state index contributed by atoms with van der Waals surface area (Å²) in [5.41, 5.74) is 12.9. The van der Waals surface area contributed by atoms with E-state index in [0.717, 1.165) is 41.5 Å². The average molecular weight is 388 g/mol. The molecule has 0 spiro atoms. The Morgan fingerprint density at radius 2 is 1.59 bits per heavy atom. The fourth-order valence-corrected chi connectivity index (χ4v) is 3.99. The number of nitrogen functional groups attached to an aromatic ring is 2. The highest BCUT2D eigenvalue weighted by Crippen LogP contribution is 2.32. The van der Waals surface area contributed by atoms with E-state index >= 15 is 0 Å². The van der Waals surface area contributed by atoms with Crippen LogP contribution in [0.5, 0.6) is 5.75 Å². The quantitative estimate of drug-likeness (QED) is 0.429. The Balaban J connectivity index is 1.81. The Bertz CT molecular complexity index is 710. The van der Waals surface area contributed by atoms with Gasteiger partial charge in [-0.15, -0.1) is 0 Å². The van der Waals surface area contributed by atoms with E-state index in [1.54, 1.807) is 11.8 Å². The summed E-state index contributed by atoms with van der Waals surface area (Å²) in [6.45, 7) is 10.9. The average Bonchev–Trinajstić information content (AvgIpc) is 2.61. The molecule has 5 heteroatoms. The molecule has 0 saturated carbocycles. The summed E-state index contributed by atoms with van der Waals surface area (Å²) in [6.07, 6.45) is 2.21. The lowest BCUT2D eigenvalue weighted by Crippen LogP contribution is -2.37. The molecule has 0 radical (unpaired) electrons. The van der Waals surface area contributed by atoms with Gasteiger partial charge in [0.05, 0.1) is 18.0 Å². The predicted molar refractivity (Wildman–Crippen MR) is 118 cm³/mol. The Morgan fingerprint density at radius 1 is 0.889 bits per heavy atom. The van der Waals surface area contributed by atoms with Crippen LogP contribution in [0.4, 0.5) is 11.4 Å². The summed E-state index contributed by atoms with van der Waals surface area (Å²) in [5.74, 6) is 0.910. The van der Waals surface area contributed by atoms with Gasteiger partial charge in [-0.05, 0) is 83.5 Å². The number of anilines is 2. The second-order valence-corrected chi connectivity index (χ2v) is 8.50. The van der Waals surface area contributed by atoms with Gasteiger partial charge >= 0.3 is 0 Å². The minimum Gasteiger partial charge on any atom is -0.494 e. The van der Waals surface area contributed by atoms with Crippen molar-refractivity contribution >= 4 is 23.1 Å². The molecule has 4 N–H and O–H groups in total. The lowest BCUT2D eigenvalue weighted by molar-refractivity contribution is 0.167. The predicted octanol–water partition coefficient (Wildman–Crippen LogP) is 5.28. The van der Waals surface area contributed by atoms with Crippen LogP contribution in [0.15, 0.2) is 52.3 Å². The molecule has 0 fully saturated rings. The maximum atomic E-state index is 5.95. The first kappa shape index (κ1) is 21.5. The Labute approximate surface area is 168 Å². The molecule has 2 aromatic rings. The summed E-state index contributed by atoms with van der Waals surface area (Å²) in [7, 11) is 0. The summed E-state index contributed by atoms with van der Waals surface area (Å²) in [6, 6.07) is 15.1. The number of hydrogen-bond acceptors (Lipinski definition) is 5. The second kappa shape index (κ2) is 10.5. The van der Waals surface area contributed by atoms with Crippen LogP contribution in [-0.2, 0) is 0 Å². The smallest absolute Gasteiger partial charge is 0.120 e. The fraction of sp³-hybridized carbons (Fsp3) is 0.455. The van der Waals surface area contributed by atoms with Crippen LogP contribution in [0.25, 0.3) is 0 Å². The van der Waals surface area contributed by atoms with Crippen molar-refractivity contribution in [1.29, 1.82) is 0 Å². The first-order valence-electron chi connectivity index (χ1n) is 9.68. The van der Waals surface area contributed by atoms with Gasteiger partial charge in [-0.1, -0.05) is 17.8 Å². The summed E-state index contributed by atoms with van der Waals surface area (Å²) >= 11 is 1.66. The number of rotatable bonds is 10. The minimum atomic E-state index is 0.585. The van der Waals surface area contributed by atoms with Crippen LogP contribution in [0.2, 0.25) is 0 Å². The van der Waals surface area contributed by atoms with E-state index in [0.29, 0.717) is 23.5 Å². The SMILES string of the molecule is CC(C)N(CCCCOc1cccc(Sc2ccc(N)c(N)c2)c1)C(C)C. The molecule has 4 nitrogen and oxygen atoms in total. The van der Waals surface area contributed by atoms with Crippen molar-refractivity contribution in [2.75, 3.05) is 24.6 Å². The molecule has 0 aliphatic rings. The molecule has 0 bridgehead atoms. The molecule has 0 amide bonds. The Morgan fingerprint density at radius 3 is 2.26 bits per heavy atom. The lowest BCUT2D eigenvalue weighted by atomic mass is 10.2. The number of unbranched alkanes of at least 4 members (excludes halogenated alkanes) is 1. The van der Waals surface area contributed by atoms with Gasteiger partial charge < -0.3 is 16.2 Å². The minimum absolute atomic E-state index is 0.585. The standard InChI is InChI=1S/C22H33N3OS/c1-16(2)25(17(3)4)12-5-6-13-26-18-8-7-9-19(14-18)27-20-10-11-21(23)22(24)15-20/h7-11,14-17H,5-6,12-13,23-24H2,1-4H3. The summed E-state index contributed by atoms with van der Waals surface area (Å²) in [4.78, 5) is 4.72. The molecule has 0 aromatic heterocycles. The highest BCUT2D eigenvalue weighted by Gasteiger charge is 2.12. The van der Waals surface area contributed by atoms with Crippen LogP contribution >= 0.6 is 11.8 Å². The van der Waals surface area contributed by atoms with Crippen LogP contribution in [-0.4, -0.2) is 30.1 Å². The molecule has 0 saturated heterocycles. The topological polar surface area (TPSA) is 64.5 Å². The number of nitrogens with zero attached hydrogens (tertiary/aromatic N) is 1. The zero-order chi connectivity index (χ0) is 19.8. The fourth-order valence-electron chi connectivity index (χ4n) is 3.08. The lowest BCUT2D eigenvalue weighted by Gasteiger charge is -2.30. The van der Waals surface area contributed by atoms with Crippen molar-refractivity contribution in [3.05, 3.63) is 42.5 Å². The zero-order valence-electron chi connectivity index (χ0n) is 16.9. The highest BCUT2D eigenvalue weighted by atomic mass is 32.2. The van der Waals surface area contributed by atoms with E-state index in [9.17, 15) is 0 Å². The van der Waals surface area contributed by atoms with Crippen LogP contribution < -0.4 is 16.2 Å². The molecule has 148 valence electrons. The van der Waals surface area contributed by atoms with Gasteiger partial charge in [0.2, 0.25) is 0 Å². The van der Waals surface area contributed by atoms with Gasteiger partial charge in [-0.25, -0.2) is 0 Å². The second-order valence-electron chi connectivity index (χ2n) is 7.35. The van der Waals surface area contributed by atoms with Crippen molar-refractivity contribution < 1.29 is 4.74 Å². The number of hydrogen-bond donors (Lipinski definition) is 2. The maximum absolute atomic E-state index is 5.95. The van der Waals surface area contributed by atoms with Gasteiger partial charge in [0.25, 0.3) is 0 Å². The van der Waals surface area contributed by atoms with Crippen LogP contribution in [0, 0.1) is 0 Å². The highest BCUT2D eigenvalue weighted by molar-refractivity contribution is 7.99. The van der Waals surface area contributed by atoms with Gasteiger partial charge in [-0.2, -0.15) is 0 Å². The van der Waals surface area contributed by atoms with Crippen molar-refractivity contribution in [1.82, 2.24) is 4.90 Å². The molecule has 0 atom stereocenters. The number of benzene rings is 2. The van der Waals surface area contributed by atoms with E-state index in [1.807, 2.05) is 30.3 Å². The van der Waals surface area contributed by atoms with E-state index in [1.165, 1.54) is 0 Å². The van der Waals surface area contributed by atoms with Crippen molar-refractivity contribution in [2.24, 2.45) is 0 Å². The largest absolute Gasteiger partial charge is 0.494 e. The summed E-state index contributed by atoms with van der Waals surface area (Å²) < 4.78 is 5.95. The maximum Gasteiger partial charge on any atom is 0.120 e. The molecule has 2 rings (SSSR count). The van der Waals surface area contributed by atoms with Crippen molar-refractivity contribution in [3.63, 3.8) is 0 Å². The molecule has 27 heavy (non-hydrogen) atoms. The third kappa shape index (κ3) is 7.00. The Hall–Kier alpha value is -1.85. The number of ether oxygens (including phenoxy) is 1. The third-order valence-corrected chi connectivity index (χ3v) is 5.48. The molecule has 2 aromatic carbocycles. The first-order valence-corrected chi connectivity index (χ1v) is 10.5. The molecule has 0 aliphatic carbocycles. The molecular formula is C22H33N3OS.